The average molecular weight is 421 g/mol. The average Bonchev–Trinajstić information content (AvgIpc) is 3.36. The molecule has 0 bridgehead atoms. The molecule has 0 atom stereocenters. The van der Waals surface area contributed by atoms with Gasteiger partial charge in [-0.1, -0.05) is 36.4 Å². The predicted octanol–water partition coefficient (Wildman–Crippen LogP) is 4.49. The van der Waals surface area contributed by atoms with E-state index in [1.165, 1.54) is 5.56 Å². The first-order valence-electron chi connectivity index (χ1n) is 11.3. The van der Waals surface area contributed by atoms with Crippen molar-refractivity contribution in [2.75, 3.05) is 39.8 Å². The Morgan fingerprint density at radius 1 is 1.00 bits per heavy atom. The van der Waals surface area contributed by atoms with E-state index in [1.54, 1.807) is 7.11 Å². The van der Waals surface area contributed by atoms with Gasteiger partial charge in [0.05, 0.1) is 12.7 Å². The number of benzene rings is 2. The van der Waals surface area contributed by atoms with E-state index in [0.717, 1.165) is 69.9 Å². The van der Waals surface area contributed by atoms with E-state index < -0.39 is 0 Å². The summed E-state index contributed by atoms with van der Waals surface area (Å²) in [6, 6.07) is 15.8. The van der Waals surface area contributed by atoms with Crippen LogP contribution >= 0.6 is 0 Å². The predicted molar refractivity (Wildman–Crippen MR) is 124 cm³/mol. The van der Waals surface area contributed by atoms with Crippen molar-refractivity contribution in [2.24, 2.45) is 0 Å². The first-order valence-corrected chi connectivity index (χ1v) is 11.3. The van der Waals surface area contributed by atoms with E-state index in [9.17, 15) is 4.79 Å². The van der Waals surface area contributed by atoms with Gasteiger partial charge in [-0.3, -0.25) is 9.69 Å². The number of ether oxygens (including phenoxy) is 2. The Kier molecular flexibility index (Phi) is 7.26. The molecule has 0 aromatic heterocycles. The fourth-order valence-corrected chi connectivity index (χ4v) is 4.28. The second kappa shape index (κ2) is 10.5. The second-order valence-corrected chi connectivity index (χ2v) is 8.29. The zero-order valence-electron chi connectivity index (χ0n) is 18.3. The monoisotopic (exact) mass is 420 g/mol. The van der Waals surface area contributed by atoms with E-state index in [1.807, 2.05) is 41.3 Å². The maximum absolute atomic E-state index is 12.9. The number of hydrogen-bond acceptors (Lipinski definition) is 4. The number of nitrogens with zero attached hydrogens (tertiary/aromatic N) is 2. The number of amides is 1. The minimum Gasteiger partial charge on any atom is -0.497 e. The molecule has 2 aromatic carbocycles. The topological polar surface area (TPSA) is 42.0 Å². The molecule has 2 fully saturated rings. The van der Waals surface area contributed by atoms with Gasteiger partial charge in [0.2, 0.25) is 0 Å². The van der Waals surface area contributed by atoms with Gasteiger partial charge in [0.1, 0.15) is 17.6 Å². The lowest BCUT2D eigenvalue weighted by molar-refractivity contribution is 0.0772. The quantitative estimate of drug-likeness (QED) is 0.662. The Morgan fingerprint density at radius 2 is 1.71 bits per heavy atom. The molecule has 4 rings (SSSR count). The van der Waals surface area contributed by atoms with Crippen molar-refractivity contribution in [3.63, 3.8) is 0 Å². The van der Waals surface area contributed by atoms with Gasteiger partial charge >= 0.3 is 0 Å². The standard InChI is InChI=1S/C26H32N2O3/c1-30-22-12-10-21(11-13-22)7-6-16-27-19-14-23(15-20-27)31-25-9-3-2-8-24(25)26(29)28-17-4-5-18-28/h2-3,6-13,23H,4-5,14-20H2,1H3. The van der Waals surface area contributed by atoms with Gasteiger partial charge in [0.25, 0.3) is 5.91 Å². The van der Waals surface area contributed by atoms with Crippen LogP contribution < -0.4 is 9.47 Å². The number of likely N-dealkylation sites (tertiary alicyclic amines) is 2. The Labute approximate surface area is 185 Å². The van der Waals surface area contributed by atoms with Gasteiger partial charge in [0, 0.05) is 32.7 Å². The van der Waals surface area contributed by atoms with Crippen molar-refractivity contribution in [1.82, 2.24) is 9.80 Å². The van der Waals surface area contributed by atoms with Crippen LogP contribution in [0.2, 0.25) is 0 Å². The minimum atomic E-state index is 0.106. The zero-order chi connectivity index (χ0) is 21.5. The number of methoxy groups -OCH3 is 1. The molecule has 0 radical (unpaired) electrons. The van der Waals surface area contributed by atoms with Crippen molar-refractivity contribution >= 4 is 12.0 Å². The Balaban J connectivity index is 1.26. The second-order valence-electron chi connectivity index (χ2n) is 8.29. The summed E-state index contributed by atoms with van der Waals surface area (Å²) in [5.74, 6) is 1.72. The summed E-state index contributed by atoms with van der Waals surface area (Å²) in [4.78, 5) is 17.2. The van der Waals surface area contributed by atoms with E-state index in [4.69, 9.17) is 9.47 Å². The highest BCUT2D eigenvalue weighted by Crippen LogP contribution is 2.25. The molecule has 164 valence electrons. The smallest absolute Gasteiger partial charge is 0.257 e. The highest BCUT2D eigenvalue weighted by Gasteiger charge is 2.25. The Bertz CT molecular complexity index is 880. The van der Waals surface area contributed by atoms with Gasteiger partial charge in [-0.05, 0) is 55.5 Å². The molecule has 0 aliphatic carbocycles. The molecule has 0 spiro atoms. The normalized spacial score (nSPS) is 17.9. The van der Waals surface area contributed by atoms with Gasteiger partial charge in [-0.2, -0.15) is 0 Å². The first-order chi connectivity index (χ1) is 15.2. The summed E-state index contributed by atoms with van der Waals surface area (Å²) in [5, 5.41) is 0. The number of rotatable bonds is 7. The zero-order valence-corrected chi connectivity index (χ0v) is 18.3. The molecule has 2 aliphatic rings. The van der Waals surface area contributed by atoms with Crippen molar-refractivity contribution in [1.29, 1.82) is 0 Å². The molecule has 2 saturated heterocycles. The van der Waals surface area contributed by atoms with E-state index >= 15 is 0 Å². The van der Waals surface area contributed by atoms with E-state index in [-0.39, 0.29) is 12.0 Å². The third-order valence-corrected chi connectivity index (χ3v) is 6.13. The van der Waals surface area contributed by atoms with Gasteiger partial charge < -0.3 is 14.4 Å². The Hall–Kier alpha value is -2.79. The minimum absolute atomic E-state index is 0.106. The number of para-hydroxylation sites is 1. The Morgan fingerprint density at radius 3 is 2.42 bits per heavy atom. The maximum Gasteiger partial charge on any atom is 0.257 e. The largest absolute Gasteiger partial charge is 0.497 e. The van der Waals surface area contributed by atoms with Crippen molar-refractivity contribution in [3.8, 4) is 11.5 Å². The molecule has 2 aromatic rings. The molecule has 0 unspecified atom stereocenters. The van der Waals surface area contributed by atoms with Crippen LogP contribution in [-0.4, -0.2) is 61.6 Å². The molecule has 0 N–H and O–H groups in total. The van der Waals surface area contributed by atoms with Crippen LogP contribution in [0, 0.1) is 0 Å². The summed E-state index contributed by atoms with van der Waals surface area (Å²) in [6.45, 7) is 4.65. The lowest BCUT2D eigenvalue weighted by Gasteiger charge is -2.32. The van der Waals surface area contributed by atoms with Crippen molar-refractivity contribution in [2.45, 2.75) is 31.8 Å². The number of carbonyl (C=O) groups is 1. The summed E-state index contributed by atoms with van der Waals surface area (Å²) < 4.78 is 11.5. The molecule has 1 amide bonds. The summed E-state index contributed by atoms with van der Waals surface area (Å²) in [7, 11) is 1.68. The molecule has 5 nitrogen and oxygen atoms in total. The lowest BCUT2D eigenvalue weighted by Crippen LogP contribution is -2.38. The van der Waals surface area contributed by atoms with Crippen LogP contribution in [0.4, 0.5) is 0 Å². The molecular weight excluding hydrogens is 388 g/mol. The number of piperidine rings is 1. The van der Waals surface area contributed by atoms with E-state index in [2.05, 4.69) is 29.2 Å². The summed E-state index contributed by atoms with van der Waals surface area (Å²) in [5.41, 5.74) is 1.88. The highest BCUT2D eigenvalue weighted by molar-refractivity contribution is 5.97. The van der Waals surface area contributed by atoms with Gasteiger partial charge in [-0.15, -0.1) is 0 Å². The molecule has 2 heterocycles. The fraction of sp³-hybridized carbons (Fsp3) is 0.423. The molecule has 2 aliphatic heterocycles. The third kappa shape index (κ3) is 5.67. The molecule has 5 heteroatoms. The molecular formula is C26H32N2O3. The van der Waals surface area contributed by atoms with Crippen LogP contribution in [0.5, 0.6) is 11.5 Å². The molecule has 31 heavy (non-hydrogen) atoms. The summed E-state index contributed by atoms with van der Waals surface area (Å²) in [6.07, 6.45) is 8.68. The number of hydrogen-bond donors (Lipinski definition) is 0. The maximum atomic E-state index is 12.9. The van der Waals surface area contributed by atoms with Crippen LogP contribution in [0.25, 0.3) is 6.08 Å². The van der Waals surface area contributed by atoms with Crippen LogP contribution in [0.1, 0.15) is 41.6 Å². The van der Waals surface area contributed by atoms with E-state index in [0.29, 0.717) is 5.56 Å². The van der Waals surface area contributed by atoms with Crippen LogP contribution in [0.15, 0.2) is 54.6 Å². The van der Waals surface area contributed by atoms with Crippen LogP contribution in [-0.2, 0) is 0 Å². The lowest BCUT2D eigenvalue weighted by atomic mass is 10.1. The first kappa shape index (κ1) is 21.4. The number of carbonyl (C=O) groups excluding carboxylic acids is 1. The van der Waals surface area contributed by atoms with Crippen LogP contribution in [0.3, 0.4) is 0 Å². The van der Waals surface area contributed by atoms with Crippen molar-refractivity contribution < 1.29 is 14.3 Å². The van der Waals surface area contributed by atoms with Gasteiger partial charge in [-0.25, -0.2) is 0 Å². The molecule has 0 saturated carbocycles. The van der Waals surface area contributed by atoms with Crippen molar-refractivity contribution in [3.05, 3.63) is 65.7 Å². The third-order valence-electron chi connectivity index (χ3n) is 6.13. The highest BCUT2D eigenvalue weighted by atomic mass is 16.5. The van der Waals surface area contributed by atoms with Gasteiger partial charge in [0.15, 0.2) is 0 Å². The SMILES string of the molecule is COc1ccc(C=CCN2CCC(Oc3ccccc3C(=O)N3CCCC3)CC2)cc1. The fourth-order valence-electron chi connectivity index (χ4n) is 4.28. The summed E-state index contributed by atoms with van der Waals surface area (Å²) >= 11 is 0.